The molecule has 1 fully saturated rings. The Morgan fingerprint density at radius 3 is 2.86 bits per heavy atom. The summed E-state index contributed by atoms with van der Waals surface area (Å²) >= 11 is 0. The number of rotatable bonds is 5. The predicted molar refractivity (Wildman–Crippen MR) is 52.5 cm³/mol. The third-order valence-electron chi connectivity index (χ3n) is 2.08. The largest absolute Gasteiger partial charge is 0.396 e. The molecule has 0 radical (unpaired) electrons. The van der Waals surface area contributed by atoms with E-state index in [1.165, 1.54) is 0 Å². The first kappa shape index (κ1) is 11.9. The molecule has 0 saturated carbocycles. The quantitative estimate of drug-likeness (QED) is 0.657. The highest BCUT2D eigenvalue weighted by atomic mass is 32.2. The molecule has 1 rings (SSSR count). The number of sulfonamides is 1. The van der Waals surface area contributed by atoms with Crippen LogP contribution in [-0.4, -0.2) is 45.1 Å². The molecule has 1 unspecified atom stereocenters. The number of aliphatic hydroxyl groups is 1. The van der Waals surface area contributed by atoms with E-state index in [1.807, 2.05) is 0 Å². The van der Waals surface area contributed by atoms with E-state index in [-0.39, 0.29) is 24.8 Å². The van der Waals surface area contributed by atoms with E-state index >= 15 is 0 Å². The zero-order valence-electron chi connectivity index (χ0n) is 8.11. The highest BCUT2D eigenvalue weighted by Gasteiger charge is 2.19. The van der Waals surface area contributed by atoms with Crippen LogP contribution in [0.2, 0.25) is 0 Å². The maximum Gasteiger partial charge on any atom is 0.212 e. The van der Waals surface area contributed by atoms with E-state index in [9.17, 15) is 8.42 Å². The summed E-state index contributed by atoms with van der Waals surface area (Å²) in [5, 5.41) is 8.52. The van der Waals surface area contributed by atoms with Crippen molar-refractivity contribution in [3.05, 3.63) is 0 Å². The van der Waals surface area contributed by atoms with Crippen LogP contribution >= 0.6 is 0 Å². The molecule has 5 nitrogen and oxygen atoms in total. The zero-order chi connectivity index (χ0) is 10.4. The molecule has 1 aliphatic rings. The van der Waals surface area contributed by atoms with Gasteiger partial charge in [0.15, 0.2) is 0 Å². The predicted octanol–water partition coefficient (Wildman–Crippen LogP) is -0.533. The van der Waals surface area contributed by atoms with E-state index in [0.717, 1.165) is 19.4 Å². The van der Waals surface area contributed by atoms with Crippen molar-refractivity contribution in [1.82, 2.24) is 4.72 Å². The van der Waals surface area contributed by atoms with Gasteiger partial charge in [0.25, 0.3) is 0 Å². The Labute approximate surface area is 84.5 Å². The second kappa shape index (κ2) is 5.65. The molecule has 1 saturated heterocycles. The molecule has 0 bridgehead atoms. The van der Waals surface area contributed by atoms with E-state index in [0.29, 0.717) is 6.61 Å². The molecule has 0 aromatic rings. The summed E-state index contributed by atoms with van der Waals surface area (Å²) in [7, 11) is -3.23. The van der Waals surface area contributed by atoms with Gasteiger partial charge in [-0.2, -0.15) is 0 Å². The summed E-state index contributed by atoms with van der Waals surface area (Å²) < 4.78 is 30.5. The molecule has 1 heterocycles. The van der Waals surface area contributed by atoms with Gasteiger partial charge in [-0.05, 0) is 19.3 Å². The first-order valence-electron chi connectivity index (χ1n) is 4.82. The maximum atomic E-state index is 11.4. The Morgan fingerprint density at radius 2 is 2.29 bits per heavy atom. The van der Waals surface area contributed by atoms with Crippen LogP contribution in [-0.2, 0) is 14.8 Å². The van der Waals surface area contributed by atoms with E-state index in [2.05, 4.69) is 4.72 Å². The second-order valence-electron chi connectivity index (χ2n) is 3.43. The van der Waals surface area contributed by atoms with Crippen molar-refractivity contribution in [3.63, 3.8) is 0 Å². The van der Waals surface area contributed by atoms with Crippen molar-refractivity contribution < 1.29 is 18.3 Å². The van der Waals surface area contributed by atoms with Crippen molar-refractivity contribution in [2.75, 3.05) is 25.6 Å². The van der Waals surface area contributed by atoms with Crippen molar-refractivity contribution in [1.29, 1.82) is 0 Å². The van der Waals surface area contributed by atoms with Gasteiger partial charge in [-0.3, -0.25) is 0 Å². The highest BCUT2D eigenvalue weighted by Crippen LogP contribution is 2.07. The van der Waals surface area contributed by atoms with Gasteiger partial charge in [0.1, 0.15) is 0 Å². The number of hydrogen-bond acceptors (Lipinski definition) is 4. The summed E-state index contributed by atoms with van der Waals surface area (Å²) in [6.07, 6.45) is 2.01. The fraction of sp³-hybridized carbons (Fsp3) is 1.00. The van der Waals surface area contributed by atoms with E-state index in [4.69, 9.17) is 9.84 Å². The standard InChI is InChI=1S/C8H17NO4S/c10-4-2-6-14(11,12)9-8-3-1-5-13-7-8/h8-10H,1-7H2. The van der Waals surface area contributed by atoms with Gasteiger partial charge >= 0.3 is 0 Å². The fourth-order valence-electron chi connectivity index (χ4n) is 1.40. The molecule has 2 N–H and O–H groups in total. The molecule has 0 spiro atoms. The molecule has 84 valence electrons. The Kier molecular flexibility index (Phi) is 4.80. The second-order valence-corrected chi connectivity index (χ2v) is 5.30. The zero-order valence-corrected chi connectivity index (χ0v) is 8.92. The number of nitrogens with one attached hydrogen (secondary N) is 1. The number of hydrogen-bond donors (Lipinski definition) is 2. The summed E-state index contributed by atoms with van der Waals surface area (Å²) in [5.41, 5.74) is 0. The molecular weight excluding hydrogens is 206 g/mol. The Balaban J connectivity index is 2.33. The van der Waals surface area contributed by atoms with Crippen LogP contribution in [0.5, 0.6) is 0 Å². The van der Waals surface area contributed by atoms with Gasteiger partial charge in [0, 0.05) is 19.3 Å². The first-order valence-corrected chi connectivity index (χ1v) is 6.48. The molecule has 0 aromatic heterocycles. The molecule has 6 heteroatoms. The van der Waals surface area contributed by atoms with Crippen LogP contribution in [0, 0.1) is 0 Å². The summed E-state index contributed by atoms with van der Waals surface area (Å²) in [5.74, 6) is -0.0139. The monoisotopic (exact) mass is 223 g/mol. The van der Waals surface area contributed by atoms with Crippen molar-refractivity contribution in [3.8, 4) is 0 Å². The van der Waals surface area contributed by atoms with Crippen molar-refractivity contribution >= 4 is 10.0 Å². The lowest BCUT2D eigenvalue weighted by Gasteiger charge is -2.22. The Bertz CT molecular complexity index is 246. The Hall–Kier alpha value is -0.170. The van der Waals surface area contributed by atoms with Crippen LogP contribution in [0.25, 0.3) is 0 Å². The SMILES string of the molecule is O=S(=O)(CCCO)NC1CCCOC1. The molecular formula is C8H17NO4S. The molecule has 1 aliphatic heterocycles. The lowest BCUT2D eigenvalue weighted by atomic mass is 10.1. The van der Waals surface area contributed by atoms with Gasteiger partial charge in [-0.25, -0.2) is 13.1 Å². The van der Waals surface area contributed by atoms with Gasteiger partial charge in [0.2, 0.25) is 10.0 Å². The average Bonchev–Trinajstić information content (AvgIpc) is 2.16. The lowest BCUT2D eigenvalue weighted by Crippen LogP contribution is -2.41. The first-order chi connectivity index (χ1) is 6.64. The van der Waals surface area contributed by atoms with Gasteiger partial charge in [-0.15, -0.1) is 0 Å². The third kappa shape index (κ3) is 4.36. The topological polar surface area (TPSA) is 75.6 Å². The average molecular weight is 223 g/mol. The van der Waals surface area contributed by atoms with Crippen molar-refractivity contribution in [2.45, 2.75) is 25.3 Å². The van der Waals surface area contributed by atoms with Crippen LogP contribution in [0.1, 0.15) is 19.3 Å². The van der Waals surface area contributed by atoms with Crippen molar-refractivity contribution in [2.24, 2.45) is 0 Å². The van der Waals surface area contributed by atoms with Gasteiger partial charge in [0.05, 0.1) is 12.4 Å². The summed E-state index contributed by atoms with van der Waals surface area (Å²) in [6.45, 7) is 1.08. The number of aliphatic hydroxyl groups excluding tert-OH is 1. The third-order valence-corrected chi connectivity index (χ3v) is 3.60. The minimum absolute atomic E-state index is 0.0139. The summed E-state index contributed by atoms with van der Waals surface area (Å²) in [6, 6.07) is -0.0903. The molecule has 0 aromatic carbocycles. The van der Waals surface area contributed by atoms with E-state index < -0.39 is 10.0 Å². The summed E-state index contributed by atoms with van der Waals surface area (Å²) in [4.78, 5) is 0. The Morgan fingerprint density at radius 1 is 1.50 bits per heavy atom. The molecule has 14 heavy (non-hydrogen) atoms. The van der Waals surface area contributed by atoms with Gasteiger partial charge < -0.3 is 9.84 Å². The smallest absolute Gasteiger partial charge is 0.212 e. The minimum Gasteiger partial charge on any atom is -0.396 e. The lowest BCUT2D eigenvalue weighted by molar-refractivity contribution is 0.0774. The van der Waals surface area contributed by atoms with E-state index in [1.54, 1.807) is 0 Å². The minimum atomic E-state index is -3.23. The van der Waals surface area contributed by atoms with Crippen LogP contribution in [0.15, 0.2) is 0 Å². The van der Waals surface area contributed by atoms with Gasteiger partial charge in [-0.1, -0.05) is 0 Å². The van der Waals surface area contributed by atoms with Crippen LogP contribution < -0.4 is 4.72 Å². The van der Waals surface area contributed by atoms with Crippen LogP contribution in [0.4, 0.5) is 0 Å². The highest BCUT2D eigenvalue weighted by molar-refractivity contribution is 7.89. The number of ether oxygens (including phenoxy) is 1. The molecule has 1 atom stereocenters. The maximum absolute atomic E-state index is 11.4. The van der Waals surface area contributed by atoms with Crippen LogP contribution in [0.3, 0.4) is 0 Å². The normalized spacial score (nSPS) is 23.6. The molecule has 0 aliphatic carbocycles. The molecule has 0 amide bonds. The fourth-order valence-corrected chi connectivity index (χ4v) is 2.72.